The van der Waals surface area contributed by atoms with E-state index in [4.69, 9.17) is 0 Å². The zero-order valence-corrected chi connectivity index (χ0v) is 16.5. The fourth-order valence-electron chi connectivity index (χ4n) is 3.94. The molecule has 4 aromatic rings. The number of nitrogens with one attached hydrogen (secondary N) is 1. The van der Waals surface area contributed by atoms with Gasteiger partial charge in [0.2, 0.25) is 5.82 Å². The van der Waals surface area contributed by atoms with Gasteiger partial charge < -0.3 is 10.2 Å². The number of nitrogens with zero attached hydrogens (tertiary/aromatic N) is 3. The molecule has 6 heteroatoms. The first-order valence-electron chi connectivity index (χ1n) is 9.87. The van der Waals surface area contributed by atoms with Gasteiger partial charge in [0.15, 0.2) is 5.69 Å². The summed E-state index contributed by atoms with van der Waals surface area (Å²) in [5.41, 5.74) is 4.61. The maximum absolute atomic E-state index is 13.4. The maximum Gasteiger partial charge on any atom is 0.294 e. The number of fused-ring (bicyclic) bond motifs is 2. The molecule has 5 rings (SSSR count). The van der Waals surface area contributed by atoms with E-state index in [-0.39, 0.29) is 23.3 Å². The van der Waals surface area contributed by atoms with Gasteiger partial charge in [-0.1, -0.05) is 36.4 Å². The first-order valence-corrected chi connectivity index (χ1v) is 9.87. The quantitative estimate of drug-likeness (QED) is 0.567. The lowest BCUT2D eigenvalue weighted by Gasteiger charge is -2.16. The van der Waals surface area contributed by atoms with Crippen LogP contribution in [-0.2, 0) is 6.42 Å². The van der Waals surface area contributed by atoms with Crippen LogP contribution in [0.3, 0.4) is 0 Å². The van der Waals surface area contributed by atoms with Crippen molar-refractivity contribution >= 4 is 28.7 Å². The third-order valence-corrected chi connectivity index (χ3v) is 5.36. The minimum Gasteiger partial charge on any atom is -0.321 e. The minimum atomic E-state index is -0.342. The van der Waals surface area contributed by atoms with Gasteiger partial charge in [-0.2, -0.15) is 0 Å². The summed E-state index contributed by atoms with van der Waals surface area (Å²) in [4.78, 5) is 32.6. The SMILES string of the molecule is Cc1cccc(NC(=O)c2nc(C(=O)N3CCc4ccccc43)n3ccccc23)c1. The number of aryl methyl sites for hydroxylation is 1. The second-order valence-corrected chi connectivity index (χ2v) is 7.40. The molecule has 0 aliphatic carbocycles. The lowest BCUT2D eigenvalue weighted by atomic mass is 10.2. The largest absolute Gasteiger partial charge is 0.321 e. The molecule has 30 heavy (non-hydrogen) atoms. The van der Waals surface area contributed by atoms with Crippen molar-refractivity contribution in [1.29, 1.82) is 0 Å². The van der Waals surface area contributed by atoms with Crippen LogP contribution in [0, 0.1) is 6.92 Å². The Labute approximate surface area is 173 Å². The van der Waals surface area contributed by atoms with E-state index < -0.39 is 0 Å². The number of pyridine rings is 1. The lowest BCUT2D eigenvalue weighted by molar-refractivity contribution is 0.0979. The van der Waals surface area contributed by atoms with Gasteiger partial charge in [-0.3, -0.25) is 14.0 Å². The highest BCUT2D eigenvalue weighted by atomic mass is 16.2. The molecule has 0 unspecified atom stereocenters. The lowest BCUT2D eigenvalue weighted by Crippen LogP contribution is -2.30. The molecule has 0 saturated heterocycles. The van der Waals surface area contributed by atoms with E-state index in [1.54, 1.807) is 21.6 Å². The zero-order valence-electron chi connectivity index (χ0n) is 16.5. The van der Waals surface area contributed by atoms with Crippen LogP contribution in [0.2, 0.25) is 0 Å². The number of aromatic nitrogens is 2. The highest BCUT2D eigenvalue weighted by molar-refractivity contribution is 6.11. The monoisotopic (exact) mass is 396 g/mol. The first kappa shape index (κ1) is 18.1. The number of imidazole rings is 1. The van der Waals surface area contributed by atoms with Crippen molar-refractivity contribution in [1.82, 2.24) is 9.38 Å². The van der Waals surface area contributed by atoms with Crippen molar-refractivity contribution in [3.63, 3.8) is 0 Å². The topological polar surface area (TPSA) is 66.7 Å². The number of anilines is 2. The van der Waals surface area contributed by atoms with E-state index in [1.807, 2.05) is 67.6 Å². The molecule has 2 amide bonds. The highest BCUT2D eigenvalue weighted by Gasteiger charge is 2.30. The Bertz CT molecular complexity index is 1290. The van der Waals surface area contributed by atoms with Crippen LogP contribution in [0.1, 0.15) is 32.2 Å². The summed E-state index contributed by atoms with van der Waals surface area (Å²) in [5, 5.41) is 2.89. The van der Waals surface area contributed by atoms with Crippen molar-refractivity contribution < 1.29 is 9.59 Å². The van der Waals surface area contributed by atoms with Crippen LogP contribution in [0.15, 0.2) is 72.9 Å². The van der Waals surface area contributed by atoms with Crippen LogP contribution < -0.4 is 10.2 Å². The summed E-state index contributed by atoms with van der Waals surface area (Å²) in [6.45, 7) is 2.57. The molecular formula is C24H20N4O2. The van der Waals surface area contributed by atoms with E-state index >= 15 is 0 Å². The molecule has 1 N–H and O–H groups in total. The van der Waals surface area contributed by atoms with Gasteiger partial charge in [-0.15, -0.1) is 0 Å². The van der Waals surface area contributed by atoms with Gasteiger partial charge >= 0.3 is 0 Å². The summed E-state index contributed by atoms with van der Waals surface area (Å²) in [7, 11) is 0. The summed E-state index contributed by atoms with van der Waals surface area (Å²) in [6.07, 6.45) is 2.58. The number of rotatable bonds is 3. The van der Waals surface area contributed by atoms with Crippen molar-refractivity contribution in [2.75, 3.05) is 16.8 Å². The number of para-hydroxylation sites is 1. The fourth-order valence-corrected chi connectivity index (χ4v) is 3.94. The molecule has 148 valence electrons. The highest BCUT2D eigenvalue weighted by Crippen LogP contribution is 2.29. The molecule has 0 radical (unpaired) electrons. The van der Waals surface area contributed by atoms with Gasteiger partial charge in [0, 0.05) is 24.1 Å². The Morgan fingerprint density at radius 3 is 2.70 bits per heavy atom. The number of hydrogen-bond donors (Lipinski definition) is 1. The molecule has 6 nitrogen and oxygen atoms in total. The third kappa shape index (κ3) is 3.03. The van der Waals surface area contributed by atoms with Crippen molar-refractivity contribution in [2.24, 2.45) is 0 Å². The van der Waals surface area contributed by atoms with E-state index in [1.165, 1.54) is 0 Å². The molecular weight excluding hydrogens is 376 g/mol. The molecule has 3 heterocycles. The number of benzene rings is 2. The predicted octanol–water partition coefficient (Wildman–Crippen LogP) is 4.10. The fraction of sp³-hybridized carbons (Fsp3) is 0.125. The molecule has 1 aliphatic heterocycles. The molecule has 0 atom stereocenters. The van der Waals surface area contributed by atoms with Crippen LogP contribution in [0.5, 0.6) is 0 Å². The third-order valence-electron chi connectivity index (χ3n) is 5.36. The summed E-state index contributed by atoms with van der Waals surface area (Å²) >= 11 is 0. The number of carbonyl (C=O) groups is 2. The van der Waals surface area contributed by atoms with E-state index in [9.17, 15) is 9.59 Å². The van der Waals surface area contributed by atoms with Gasteiger partial charge in [0.25, 0.3) is 11.8 Å². The van der Waals surface area contributed by atoms with Crippen LogP contribution >= 0.6 is 0 Å². The number of carbonyl (C=O) groups excluding carboxylic acids is 2. The van der Waals surface area contributed by atoms with Crippen LogP contribution in [-0.4, -0.2) is 27.7 Å². The van der Waals surface area contributed by atoms with Crippen molar-refractivity contribution in [3.8, 4) is 0 Å². The summed E-state index contributed by atoms with van der Waals surface area (Å²) in [5.74, 6) is -0.322. The van der Waals surface area contributed by atoms with Crippen LogP contribution in [0.25, 0.3) is 5.52 Å². The second-order valence-electron chi connectivity index (χ2n) is 7.40. The molecule has 2 aromatic heterocycles. The van der Waals surface area contributed by atoms with Gasteiger partial charge in [-0.25, -0.2) is 4.98 Å². The Kier molecular flexibility index (Phi) is 4.32. The smallest absolute Gasteiger partial charge is 0.294 e. The Hall–Kier alpha value is -3.93. The summed E-state index contributed by atoms with van der Waals surface area (Å²) < 4.78 is 1.69. The molecule has 1 aliphatic rings. The number of hydrogen-bond acceptors (Lipinski definition) is 3. The van der Waals surface area contributed by atoms with Gasteiger partial charge in [-0.05, 0) is 54.8 Å². The zero-order chi connectivity index (χ0) is 20.7. The standard InChI is InChI=1S/C24H20N4O2/c1-16-7-6-9-18(15-16)25-23(29)21-20-11-4-5-13-27(20)22(26-21)24(30)28-14-12-17-8-2-3-10-19(17)28/h2-11,13,15H,12,14H2,1H3,(H,25,29). The molecule has 2 aromatic carbocycles. The Morgan fingerprint density at radius 2 is 1.83 bits per heavy atom. The Balaban J connectivity index is 1.53. The Morgan fingerprint density at radius 1 is 1.00 bits per heavy atom. The summed E-state index contributed by atoms with van der Waals surface area (Å²) in [6, 6.07) is 20.9. The predicted molar refractivity (Wildman–Crippen MR) is 116 cm³/mol. The average molecular weight is 396 g/mol. The van der Waals surface area contributed by atoms with Crippen LogP contribution in [0.4, 0.5) is 11.4 Å². The molecule has 0 fully saturated rings. The molecule has 0 bridgehead atoms. The maximum atomic E-state index is 13.4. The second kappa shape index (κ2) is 7.15. The minimum absolute atomic E-state index is 0.212. The van der Waals surface area contributed by atoms with Gasteiger partial charge in [0.05, 0.1) is 5.52 Å². The van der Waals surface area contributed by atoms with E-state index in [0.29, 0.717) is 17.7 Å². The van der Waals surface area contributed by atoms with E-state index in [0.717, 1.165) is 23.2 Å². The van der Waals surface area contributed by atoms with Crippen molar-refractivity contribution in [2.45, 2.75) is 13.3 Å². The molecule has 0 saturated carbocycles. The average Bonchev–Trinajstić information content (AvgIpc) is 3.35. The molecule has 0 spiro atoms. The van der Waals surface area contributed by atoms with Crippen molar-refractivity contribution in [3.05, 3.63) is 95.6 Å². The first-order chi connectivity index (χ1) is 14.6. The van der Waals surface area contributed by atoms with Gasteiger partial charge in [0.1, 0.15) is 0 Å². The van der Waals surface area contributed by atoms with E-state index in [2.05, 4.69) is 10.3 Å². The normalized spacial score (nSPS) is 12.8. The number of amides is 2.